The molecule has 1 fully saturated rings. The average Bonchev–Trinajstić information content (AvgIpc) is 3.51. The highest BCUT2D eigenvalue weighted by Crippen LogP contribution is 2.40. The first-order chi connectivity index (χ1) is 16.2. The maximum atomic E-state index is 6.55. The van der Waals surface area contributed by atoms with E-state index in [0.29, 0.717) is 11.7 Å². The number of hydrogen-bond acceptors (Lipinski definition) is 6. The Morgan fingerprint density at radius 3 is 2.58 bits per heavy atom. The van der Waals surface area contributed by atoms with Crippen LogP contribution in [0.3, 0.4) is 0 Å². The van der Waals surface area contributed by atoms with E-state index in [2.05, 4.69) is 49.0 Å². The van der Waals surface area contributed by atoms with Crippen LogP contribution < -0.4 is 10.5 Å². The molecular weight excluding hydrogens is 414 g/mol. The van der Waals surface area contributed by atoms with Crippen LogP contribution in [0.1, 0.15) is 24.8 Å². The molecule has 6 rings (SSSR count). The number of ether oxygens (including phenoxy) is 1. The molecule has 1 aromatic carbocycles. The van der Waals surface area contributed by atoms with Gasteiger partial charge < -0.3 is 10.5 Å². The number of hydrogen-bond donors (Lipinski definition) is 2. The predicted molar refractivity (Wildman–Crippen MR) is 126 cm³/mol. The average molecular weight is 438 g/mol. The van der Waals surface area contributed by atoms with Gasteiger partial charge in [-0.2, -0.15) is 10.1 Å². The van der Waals surface area contributed by atoms with Crippen molar-refractivity contribution in [3.8, 4) is 34.3 Å². The quantitative estimate of drug-likeness (QED) is 0.426. The molecule has 0 saturated heterocycles. The summed E-state index contributed by atoms with van der Waals surface area (Å²) in [6, 6.07) is 16.3. The lowest BCUT2D eigenvalue weighted by Gasteiger charge is -2.38. The van der Waals surface area contributed by atoms with Gasteiger partial charge >= 0.3 is 0 Å². The van der Waals surface area contributed by atoms with E-state index in [-0.39, 0.29) is 5.54 Å². The van der Waals surface area contributed by atoms with Gasteiger partial charge in [-0.1, -0.05) is 18.2 Å². The molecule has 8 nitrogen and oxygen atoms in total. The van der Waals surface area contributed by atoms with Gasteiger partial charge in [-0.25, -0.2) is 4.98 Å². The van der Waals surface area contributed by atoms with E-state index in [1.807, 2.05) is 24.3 Å². The highest BCUT2D eigenvalue weighted by Gasteiger charge is 2.34. The zero-order valence-electron chi connectivity index (χ0n) is 18.2. The Hall–Kier alpha value is -4.04. The van der Waals surface area contributed by atoms with E-state index in [1.54, 1.807) is 25.7 Å². The Morgan fingerprint density at radius 2 is 1.94 bits per heavy atom. The highest BCUT2D eigenvalue weighted by molar-refractivity contribution is 5.90. The smallest absolute Gasteiger partial charge is 0.226 e. The minimum Gasteiger partial charge on any atom is -0.480 e. The van der Waals surface area contributed by atoms with Crippen molar-refractivity contribution in [3.05, 3.63) is 72.7 Å². The molecule has 1 aliphatic carbocycles. The molecule has 1 saturated carbocycles. The third-order valence-electron chi connectivity index (χ3n) is 6.45. The SMILES string of the molecule is COc1nc(-c2cn[nH]c2)nc2c1cc(-c1ccccn1)n2-c1ccc(C2(N)CCC2)cc1. The van der Waals surface area contributed by atoms with Crippen molar-refractivity contribution >= 4 is 11.0 Å². The van der Waals surface area contributed by atoms with Gasteiger partial charge in [0.25, 0.3) is 0 Å². The summed E-state index contributed by atoms with van der Waals surface area (Å²) >= 11 is 0. The molecule has 0 spiro atoms. The summed E-state index contributed by atoms with van der Waals surface area (Å²) in [6.07, 6.45) is 8.48. The number of methoxy groups -OCH3 is 1. The van der Waals surface area contributed by atoms with Crippen molar-refractivity contribution in [3.63, 3.8) is 0 Å². The van der Waals surface area contributed by atoms with Crippen LogP contribution in [-0.2, 0) is 5.54 Å². The number of rotatable bonds is 5. The largest absolute Gasteiger partial charge is 0.480 e. The van der Waals surface area contributed by atoms with E-state index >= 15 is 0 Å². The third kappa shape index (κ3) is 3.18. The second kappa shape index (κ2) is 7.53. The summed E-state index contributed by atoms with van der Waals surface area (Å²) in [5.74, 6) is 1.03. The van der Waals surface area contributed by atoms with Gasteiger partial charge in [0, 0.05) is 23.6 Å². The molecule has 0 aliphatic heterocycles. The van der Waals surface area contributed by atoms with E-state index in [4.69, 9.17) is 15.5 Å². The van der Waals surface area contributed by atoms with Crippen LogP contribution in [0.4, 0.5) is 0 Å². The first-order valence-corrected chi connectivity index (χ1v) is 10.9. The third-order valence-corrected chi connectivity index (χ3v) is 6.45. The molecule has 0 radical (unpaired) electrons. The van der Waals surface area contributed by atoms with Gasteiger partial charge in [-0.15, -0.1) is 0 Å². The molecule has 1 aliphatic rings. The number of nitrogens with zero attached hydrogens (tertiary/aromatic N) is 5. The van der Waals surface area contributed by atoms with Gasteiger partial charge in [0.05, 0.1) is 35.6 Å². The maximum absolute atomic E-state index is 6.55. The van der Waals surface area contributed by atoms with Crippen LogP contribution >= 0.6 is 0 Å². The monoisotopic (exact) mass is 437 g/mol. The molecule has 0 amide bonds. The molecule has 4 aromatic heterocycles. The maximum Gasteiger partial charge on any atom is 0.226 e. The lowest BCUT2D eigenvalue weighted by Crippen LogP contribution is -2.43. The molecule has 8 heteroatoms. The number of aromatic amines is 1. The van der Waals surface area contributed by atoms with E-state index in [1.165, 1.54) is 12.0 Å². The number of nitrogens with two attached hydrogens (primary N) is 1. The van der Waals surface area contributed by atoms with Crippen LogP contribution in [0.15, 0.2) is 67.1 Å². The Morgan fingerprint density at radius 1 is 1.09 bits per heavy atom. The van der Waals surface area contributed by atoms with Crippen LogP contribution in [0, 0.1) is 0 Å². The van der Waals surface area contributed by atoms with Crippen LogP contribution in [0.25, 0.3) is 39.5 Å². The summed E-state index contributed by atoms with van der Waals surface area (Å²) in [5.41, 5.74) is 11.7. The normalized spacial score (nSPS) is 14.8. The van der Waals surface area contributed by atoms with Gasteiger partial charge in [-0.3, -0.25) is 14.6 Å². The number of aromatic nitrogens is 6. The number of pyridine rings is 1. The Kier molecular flexibility index (Phi) is 4.48. The van der Waals surface area contributed by atoms with Crippen LogP contribution in [-0.4, -0.2) is 36.8 Å². The molecule has 33 heavy (non-hydrogen) atoms. The number of nitrogens with one attached hydrogen (secondary N) is 1. The van der Waals surface area contributed by atoms with Crippen molar-refractivity contribution < 1.29 is 4.74 Å². The lowest BCUT2D eigenvalue weighted by atomic mass is 9.73. The molecular formula is C25H23N7O. The molecule has 0 unspecified atom stereocenters. The Bertz CT molecular complexity index is 1420. The first-order valence-electron chi connectivity index (χ1n) is 10.9. The summed E-state index contributed by atoms with van der Waals surface area (Å²) in [5, 5.41) is 7.67. The fraction of sp³-hybridized carbons (Fsp3) is 0.200. The summed E-state index contributed by atoms with van der Waals surface area (Å²) in [7, 11) is 1.62. The van der Waals surface area contributed by atoms with E-state index in [0.717, 1.165) is 46.5 Å². The van der Waals surface area contributed by atoms with Gasteiger partial charge in [-0.05, 0) is 55.2 Å². The Balaban J connectivity index is 1.60. The fourth-order valence-electron chi connectivity index (χ4n) is 4.46. The minimum atomic E-state index is -0.207. The first kappa shape index (κ1) is 19.6. The molecule has 5 aromatic rings. The summed E-state index contributed by atoms with van der Waals surface area (Å²) < 4.78 is 7.76. The minimum absolute atomic E-state index is 0.207. The zero-order valence-corrected chi connectivity index (χ0v) is 18.2. The lowest BCUT2D eigenvalue weighted by molar-refractivity contribution is 0.253. The van der Waals surface area contributed by atoms with Crippen molar-refractivity contribution in [1.82, 2.24) is 29.7 Å². The molecule has 164 valence electrons. The van der Waals surface area contributed by atoms with Gasteiger partial charge in [0.1, 0.15) is 0 Å². The molecule has 4 heterocycles. The zero-order chi connectivity index (χ0) is 22.4. The fourth-order valence-corrected chi connectivity index (χ4v) is 4.46. The van der Waals surface area contributed by atoms with E-state index < -0.39 is 0 Å². The number of fused-ring (bicyclic) bond motifs is 1. The molecule has 0 bridgehead atoms. The Labute approximate surface area is 190 Å². The van der Waals surface area contributed by atoms with Crippen molar-refractivity contribution in [2.45, 2.75) is 24.8 Å². The van der Waals surface area contributed by atoms with Crippen molar-refractivity contribution in [2.75, 3.05) is 7.11 Å². The highest BCUT2D eigenvalue weighted by atomic mass is 16.5. The van der Waals surface area contributed by atoms with Gasteiger partial charge in [0.2, 0.25) is 5.88 Å². The second-order valence-corrected chi connectivity index (χ2v) is 8.42. The standard InChI is InChI=1S/C25H23N7O/c1-33-24-19-13-21(20-5-2-3-12-27-20)32(23(19)30-22(31-24)16-14-28-29-15-16)18-8-6-17(7-9-18)25(26)10-4-11-25/h2-3,5-9,12-15H,4,10-11,26H2,1H3,(H,28,29). The van der Waals surface area contributed by atoms with Crippen molar-refractivity contribution in [1.29, 1.82) is 0 Å². The van der Waals surface area contributed by atoms with E-state index in [9.17, 15) is 0 Å². The number of benzene rings is 1. The predicted octanol–water partition coefficient (Wildman–Crippen LogP) is 4.22. The second-order valence-electron chi connectivity index (χ2n) is 8.42. The van der Waals surface area contributed by atoms with Gasteiger partial charge in [0.15, 0.2) is 11.5 Å². The number of H-pyrrole nitrogens is 1. The molecule has 3 N–H and O–H groups in total. The molecule has 0 atom stereocenters. The van der Waals surface area contributed by atoms with Crippen LogP contribution in [0.2, 0.25) is 0 Å². The van der Waals surface area contributed by atoms with Crippen LogP contribution in [0.5, 0.6) is 5.88 Å². The summed E-state index contributed by atoms with van der Waals surface area (Å²) in [4.78, 5) is 14.1. The topological polar surface area (TPSA) is 108 Å². The summed E-state index contributed by atoms with van der Waals surface area (Å²) in [6.45, 7) is 0. The van der Waals surface area contributed by atoms with Crippen molar-refractivity contribution in [2.24, 2.45) is 5.73 Å².